The highest BCUT2D eigenvalue weighted by Crippen LogP contribution is 2.29. The highest BCUT2D eigenvalue weighted by atomic mass is 16.5. The number of fused-ring (bicyclic) bond motifs is 3. The van der Waals surface area contributed by atoms with Gasteiger partial charge in [0.15, 0.2) is 0 Å². The van der Waals surface area contributed by atoms with Crippen LogP contribution in [-0.4, -0.2) is 7.11 Å². The van der Waals surface area contributed by atoms with Gasteiger partial charge in [0.25, 0.3) is 0 Å². The summed E-state index contributed by atoms with van der Waals surface area (Å²) in [6.07, 6.45) is 3.94. The van der Waals surface area contributed by atoms with Gasteiger partial charge in [0, 0.05) is 22.6 Å². The Kier molecular flexibility index (Phi) is 4.18. The Morgan fingerprint density at radius 1 is 1.04 bits per heavy atom. The minimum Gasteiger partial charge on any atom is -0.496 e. The van der Waals surface area contributed by atoms with E-state index >= 15 is 0 Å². The van der Waals surface area contributed by atoms with Crippen LogP contribution in [0.3, 0.4) is 0 Å². The third-order valence-electron chi connectivity index (χ3n) is 4.78. The van der Waals surface area contributed by atoms with Gasteiger partial charge in [-0.2, -0.15) is 0 Å². The summed E-state index contributed by atoms with van der Waals surface area (Å²) in [7, 11) is 1.65. The highest BCUT2D eigenvalue weighted by molar-refractivity contribution is 5.82. The number of hydrogen-bond donors (Lipinski definition) is 0. The van der Waals surface area contributed by atoms with Crippen LogP contribution in [0.15, 0.2) is 51.7 Å². The topological polar surface area (TPSA) is 48.7 Å². The quantitative estimate of drug-likeness (QED) is 0.668. The number of hydrogen-bond acceptors (Lipinski definition) is 4. The third-order valence-corrected chi connectivity index (χ3v) is 4.78. The fourth-order valence-corrected chi connectivity index (χ4v) is 3.50. The summed E-state index contributed by atoms with van der Waals surface area (Å²) in [4.78, 5) is 12.2. The second-order valence-electron chi connectivity index (χ2n) is 6.31. The molecule has 0 saturated carbocycles. The van der Waals surface area contributed by atoms with Crippen LogP contribution in [0.1, 0.15) is 29.5 Å². The maximum atomic E-state index is 12.2. The predicted octanol–water partition coefficient (Wildman–Crippen LogP) is 4.26. The van der Waals surface area contributed by atoms with Crippen LogP contribution in [0.4, 0.5) is 0 Å². The average molecular weight is 336 g/mol. The van der Waals surface area contributed by atoms with Gasteiger partial charge in [0.2, 0.25) is 0 Å². The van der Waals surface area contributed by atoms with Crippen molar-refractivity contribution in [2.24, 2.45) is 0 Å². The van der Waals surface area contributed by atoms with Crippen LogP contribution >= 0.6 is 0 Å². The molecule has 25 heavy (non-hydrogen) atoms. The molecule has 0 N–H and O–H groups in total. The molecule has 0 unspecified atom stereocenters. The fourth-order valence-electron chi connectivity index (χ4n) is 3.50. The zero-order chi connectivity index (χ0) is 17.2. The molecular weight excluding hydrogens is 316 g/mol. The molecule has 1 aromatic heterocycles. The van der Waals surface area contributed by atoms with Crippen LogP contribution in [0.2, 0.25) is 0 Å². The van der Waals surface area contributed by atoms with Gasteiger partial charge in [0.05, 0.1) is 7.11 Å². The zero-order valence-electron chi connectivity index (χ0n) is 14.2. The number of benzene rings is 2. The minimum atomic E-state index is -0.205. The van der Waals surface area contributed by atoms with Crippen LogP contribution in [0.5, 0.6) is 11.5 Å². The van der Waals surface area contributed by atoms with Crippen LogP contribution in [0.25, 0.3) is 11.0 Å². The lowest BCUT2D eigenvalue weighted by atomic mass is 9.91. The first-order chi connectivity index (χ1) is 12.3. The van der Waals surface area contributed by atoms with Gasteiger partial charge in [-0.15, -0.1) is 0 Å². The monoisotopic (exact) mass is 336 g/mol. The zero-order valence-corrected chi connectivity index (χ0v) is 14.2. The SMILES string of the molecule is COc1ccccc1COc1ccc2c3c(c(=O)oc2c1)CCCC3. The Bertz CT molecular complexity index is 971. The molecule has 4 nitrogen and oxygen atoms in total. The summed E-state index contributed by atoms with van der Waals surface area (Å²) in [5.41, 5.74) is 3.36. The van der Waals surface area contributed by atoms with E-state index in [0.717, 1.165) is 53.5 Å². The molecule has 0 spiro atoms. The largest absolute Gasteiger partial charge is 0.496 e. The molecule has 0 fully saturated rings. The van der Waals surface area contributed by atoms with Gasteiger partial charge in [0.1, 0.15) is 23.7 Å². The molecule has 4 heteroatoms. The van der Waals surface area contributed by atoms with E-state index in [1.807, 2.05) is 36.4 Å². The number of rotatable bonds is 4. The summed E-state index contributed by atoms with van der Waals surface area (Å²) >= 11 is 0. The Labute approximate surface area is 146 Å². The molecule has 0 radical (unpaired) electrons. The maximum absolute atomic E-state index is 12.2. The predicted molar refractivity (Wildman–Crippen MR) is 96.5 cm³/mol. The summed E-state index contributed by atoms with van der Waals surface area (Å²) in [6.45, 7) is 0.394. The van der Waals surface area contributed by atoms with E-state index in [1.165, 1.54) is 0 Å². The molecule has 0 aliphatic heterocycles. The van der Waals surface area contributed by atoms with E-state index < -0.39 is 0 Å². The fraction of sp³-hybridized carbons (Fsp3) is 0.286. The molecule has 0 atom stereocenters. The molecule has 1 aliphatic rings. The van der Waals surface area contributed by atoms with Gasteiger partial charge in [-0.05, 0) is 49.4 Å². The molecule has 0 bridgehead atoms. The van der Waals surface area contributed by atoms with Crippen molar-refractivity contribution in [3.63, 3.8) is 0 Å². The number of aryl methyl sites for hydroxylation is 1. The normalized spacial score (nSPS) is 13.5. The van der Waals surface area contributed by atoms with Crippen molar-refractivity contribution in [1.82, 2.24) is 0 Å². The number of ether oxygens (including phenoxy) is 2. The minimum absolute atomic E-state index is 0.205. The molecule has 1 heterocycles. The lowest BCUT2D eigenvalue weighted by molar-refractivity contribution is 0.296. The van der Waals surface area contributed by atoms with Crippen molar-refractivity contribution >= 4 is 11.0 Å². The Morgan fingerprint density at radius 3 is 2.68 bits per heavy atom. The first-order valence-electron chi connectivity index (χ1n) is 8.59. The Balaban J connectivity index is 1.64. The molecule has 4 rings (SSSR count). The summed E-state index contributed by atoms with van der Waals surface area (Å²) in [5, 5.41) is 1.03. The van der Waals surface area contributed by atoms with Gasteiger partial charge < -0.3 is 13.9 Å². The Morgan fingerprint density at radius 2 is 1.84 bits per heavy atom. The number of para-hydroxylation sites is 1. The first kappa shape index (κ1) is 15.8. The second kappa shape index (κ2) is 6.63. The molecule has 0 amide bonds. The van der Waals surface area contributed by atoms with E-state index in [2.05, 4.69) is 0 Å². The highest BCUT2D eigenvalue weighted by Gasteiger charge is 2.18. The lowest BCUT2D eigenvalue weighted by Crippen LogP contribution is -2.15. The second-order valence-corrected chi connectivity index (χ2v) is 6.31. The molecular formula is C21H20O4. The van der Waals surface area contributed by atoms with Crippen molar-refractivity contribution in [2.75, 3.05) is 7.11 Å². The van der Waals surface area contributed by atoms with Crippen LogP contribution in [0, 0.1) is 0 Å². The Hall–Kier alpha value is -2.75. The third kappa shape index (κ3) is 3.00. The van der Waals surface area contributed by atoms with Crippen molar-refractivity contribution in [3.8, 4) is 11.5 Å². The van der Waals surface area contributed by atoms with Crippen LogP contribution < -0.4 is 15.1 Å². The summed E-state index contributed by atoms with van der Waals surface area (Å²) in [5.74, 6) is 1.47. The lowest BCUT2D eigenvalue weighted by Gasteiger charge is -2.16. The van der Waals surface area contributed by atoms with Gasteiger partial charge in [-0.1, -0.05) is 18.2 Å². The van der Waals surface area contributed by atoms with Crippen molar-refractivity contribution in [1.29, 1.82) is 0 Å². The summed E-state index contributed by atoms with van der Waals surface area (Å²) in [6, 6.07) is 13.5. The smallest absolute Gasteiger partial charge is 0.339 e. The number of methoxy groups -OCH3 is 1. The van der Waals surface area contributed by atoms with E-state index in [1.54, 1.807) is 13.2 Å². The first-order valence-corrected chi connectivity index (χ1v) is 8.59. The van der Waals surface area contributed by atoms with Gasteiger partial charge in [-0.25, -0.2) is 4.79 Å². The molecule has 0 saturated heterocycles. The molecule has 2 aromatic carbocycles. The maximum Gasteiger partial charge on any atom is 0.339 e. The van der Waals surface area contributed by atoms with Crippen molar-refractivity contribution in [3.05, 3.63) is 69.6 Å². The molecule has 128 valence electrons. The van der Waals surface area contributed by atoms with Gasteiger partial charge in [-0.3, -0.25) is 0 Å². The average Bonchev–Trinajstić information content (AvgIpc) is 2.66. The van der Waals surface area contributed by atoms with Gasteiger partial charge >= 0.3 is 5.63 Å². The standard InChI is InChI=1S/C21H20O4/c1-23-19-9-5-2-6-14(19)13-24-15-10-11-17-16-7-3-4-8-18(16)21(22)25-20(17)12-15/h2,5-6,9-12H,3-4,7-8,13H2,1H3. The van der Waals surface area contributed by atoms with Crippen molar-refractivity contribution < 1.29 is 13.9 Å². The van der Waals surface area contributed by atoms with E-state index in [0.29, 0.717) is 17.9 Å². The van der Waals surface area contributed by atoms with Crippen LogP contribution in [-0.2, 0) is 19.4 Å². The molecule has 3 aromatic rings. The summed E-state index contributed by atoms with van der Waals surface area (Å²) < 4.78 is 16.8. The molecule has 1 aliphatic carbocycles. The van der Waals surface area contributed by atoms with Crippen molar-refractivity contribution in [2.45, 2.75) is 32.3 Å². The van der Waals surface area contributed by atoms with E-state index in [9.17, 15) is 4.79 Å². The van der Waals surface area contributed by atoms with E-state index in [4.69, 9.17) is 13.9 Å². The van der Waals surface area contributed by atoms with E-state index in [-0.39, 0.29) is 5.63 Å².